The second kappa shape index (κ2) is 8.55. The molecule has 19 heavy (non-hydrogen) atoms. The largest absolute Gasteiger partial charge is 0.378 e. The van der Waals surface area contributed by atoms with Crippen LogP contribution in [0.4, 0.5) is 0 Å². The quantitative estimate of drug-likeness (QED) is 0.729. The van der Waals surface area contributed by atoms with Crippen molar-refractivity contribution in [2.24, 2.45) is 5.92 Å². The van der Waals surface area contributed by atoms with Crippen LogP contribution < -0.4 is 5.32 Å². The van der Waals surface area contributed by atoms with E-state index in [0.717, 1.165) is 31.9 Å². The van der Waals surface area contributed by atoms with Crippen molar-refractivity contribution in [1.29, 1.82) is 5.26 Å². The highest BCUT2D eigenvalue weighted by atomic mass is 16.5. The predicted molar refractivity (Wildman–Crippen MR) is 78.9 cm³/mol. The van der Waals surface area contributed by atoms with Crippen LogP contribution in [-0.4, -0.2) is 24.8 Å². The van der Waals surface area contributed by atoms with Gasteiger partial charge in [0, 0.05) is 13.0 Å². The monoisotopic (exact) mass is 266 g/mol. The van der Waals surface area contributed by atoms with Crippen molar-refractivity contribution in [3.8, 4) is 6.07 Å². The summed E-state index contributed by atoms with van der Waals surface area (Å²) in [6.45, 7) is 7.94. The fraction of sp³-hybridized carbons (Fsp3) is 0.938. The van der Waals surface area contributed by atoms with Gasteiger partial charge in [-0.1, -0.05) is 26.2 Å². The Labute approximate surface area is 118 Å². The van der Waals surface area contributed by atoms with Crippen LogP contribution in [0.5, 0.6) is 0 Å². The number of hydrogen-bond acceptors (Lipinski definition) is 3. The summed E-state index contributed by atoms with van der Waals surface area (Å²) < 4.78 is 5.97. The Morgan fingerprint density at radius 2 is 2.05 bits per heavy atom. The van der Waals surface area contributed by atoms with E-state index >= 15 is 0 Å². The molecule has 0 aromatic heterocycles. The molecular formula is C16H30N2O. The van der Waals surface area contributed by atoms with Crippen LogP contribution in [0, 0.1) is 17.2 Å². The molecule has 0 bridgehead atoms. The average Bonchev–Trinajstić information content (AvgIpc) is 2.44. The highest BCUT2D eigenvalue weighted by Gasteiger charge is 2.26. The van der Waals surface area contributed by atoms with Gasteiger partial charge in [-0.25, -0.2) is 0 Å². The zero-order valence-corrected chi connectivity index (χ0v) is 12.9. The van der Waals surface area contributed by atoms with Crippen molar-refractivity contribution in [1.82, 2.24) is 5.32 Å². The second-order valence-electron chi connectivity index (χ2n) is 6.22. The van der Waals surface area contributed by atoms with Crippen LogP contribution in [0.25, 0.3) is 0 Å². The summed E-state index contributed by atoms with van der Waals surface area (Å²) >= 11 is 0. The van der Waals surface area contributed by atoms with E-state index in [-0.39, 0.29) is 6.10 Å². The second-order valence-corrected chi connectivity index (χ2v) is 6.22. The standard InChI is InChI=1S/C16H30N2O/c1-4-10-18-16(3,13-17)11-14(2)19-12-15-8-6-5-7-9-15/h14-15,18H,4-12H2,1-3H3. The lowest BCUT2D eigenvalue weighted by molar-refractivity contribution is 0.0173. The van der Waals surface area contributed by atoms with E-state index in [1.165, 1.54) is 32.1 Å². The van der Waals surface area contributed by atoms with E-state index in [1.54, 1.807) is 0 Å². The van der Waals surface area contributed by atoms with Crippen molar-refractivity contribution < 1.29 is 4.74 Å². The van der Waals surface area contributed by atoms with Crippen molar-refractivity contribution in [2.75, 3.05) is 13.2 Å². The average molecular weight is 266 g/mol. The summed E-state index contributed by atoms with van der Waals surface area (Å²) in [6, 6.07) is 2.39. The van der Waals surface area contributed by atoms with Crippen LogP contribution in [0.15, 0.2) is 0 Å². The third-order valence-electron chi connectivity index (χ3n) is 4.05. The Morgan fingerprint density at radius 1 is 1.37 bits per heavy atom. The first kappa shape index (κ1) is 16.5. The van der Waals surface area contributed by atoms with Crippen LogP contribution >= 0.6 is 0 Å². The van der Waals surface area contributed by atoms with Crippen LogP contribution in [0.1, 0.15) is 65.7 Å². The maximum atomic E-state index is 9.31. The van der Waals surface area contributed by atoms with Crippen molar-refractivity contribution in [2.45, 2.75) is 77.4 Å². The Morgan fingerprint density at radius 3 is 2.63 bits per heavy atom. The van der Waals surface area contributed by atoms with Gasteiger partial charge in [0.1, 0.15) is 5.54 Å². The molecule has 1 N–H and O–H groups in total. The fourth-order valence-electron chi connectivity index (χ4n) is 2.85. The first-order chi connectivity index (χ1) is 9.09. The molecule has 0 radical (unpaired) electrons. The summed E-state index contributed by atoms with van der Waals surface area (Å²) in [4.78, 5) is 0. The Hall–Kier alpha value is -0.590. The minimum Gasteiger partial charge on any atom is -0.378 e. The molecule has 0 aromatic rings. The molecule has 1 fully saturated rings. The molecule has 3 heteroatoms. The number of hydrogen-bond donors (Lipinski definition) is 1. The van der Waals surface area contributed by atoms with Crippen molar-refractivity contribution in [3.63, 3.8) is 0 Å². The van der Waals surface area contributed by atoms with Gasteiger partial charge < -0.3 is 4.74 Å². The number of rotatable bonds is 8. The molecule has 0 aliphatic heterocycles. The maximum absolute atomic E-state index is 9.31. The number of ether oxygens (including phenoxy) is 1. The maximum Gasteiger partial charge on any atom is 0.106 e. The van der Waals surface area contributed by atoms with Gasteiger partial charge in [0.05, 0.1) is 12.2 Å². The summed E-state index contributed by atoms with van der Waals surface area (Å²) in [5.74, 6) is 0.744. The van der Waals surface area contributed by atoms with E-state index in [1.807, 2.05) is 6.92 Å². The van der Waals surface area contributed by atoms with Crippen molar-refractivity contribution >= 4 is 0 Å². The van der Waals surface area contributed by atoms with Crippen LogP contribution in [0.3, 0.4) is 0 Å². The van der Waals surface area contributed by atoms with Gasteiger partial charge in [-0.15, -0.1) is 0 Å². The lowest BCUT2D eigenvalue weighted by Gasteiger charge is -2.28. The molecule has 2 unspecified atom stereocenters. The van der Waals surface area contributed by atoms with E-state index in [9.17, 15) is 5.26 Å². The van der Waals surface area contributed by atoms with Gasteiger partial charge in [-0.05, 0) is 45.6 Å². The molecule has 0 saturated heterocycles. The summed E-state index contributed by atoms with van der Waals surface area (Å²) in [5, 5.41) is 12.6. The normalized spacial score (nSPS) is 21.6. The summed E-state index contributed by atoms with van der Waals surface area (Å²) in [6.07, 6.45) is 8.69. The molecular weight excluding hydrogens is 236 g/mol. The molecule has 0 spiro atoms. The third-order valence-corrected chi connectivity index (χ3v) is 4.05. The lowest BCUT2D eigenvalue weighted by atomic mass is 9.90. The van der Waals surface area contributed by atoms with Gasteiger partial charge in [0.15, 0.2) is 0 Å². The van der Waals surface area contributed by atoms with E-state index in [2.05, 4.69) is 25.2 Å². The minimum absolute atomic E-state index is 0.149. The van der Waals surface area contributed by atoms with Crippen molar-refractivity contribution in [3.05, 3.63) is 0 Å². The molecule has 1 saturated carbocycles. The molecule has 0 aromatic carbocycles. The zero-order chi connectivity index (χ0) is 14.1. The zero-order valence-electron chi connectivity index (χ0n) is 12.9. The molecule has 1 aliphatic carbocycles. The topological polar surface area (TPSA) is 45.0 Å². The Bertz CT molecular complexity index is 281. The first-order valence-corrected chi connectivity index (χ1v) is 7.87. The van der Waals surface area contributed by atoms with E-state index < -0.39 is 5.54 Å². The highest BCUT2D eigenvalue weighted by molar-refractivity contribution is 5.04. The van der Waals surface area contributed by atoms with Crippen LogP contribution in [-0.2, 0) is 4.74 Å². The summed E-state index contributed by atoms with van der Waals surface area (Å²) in [5.41, 5.74) is -0.456. The third kappa shape index (κ3) is 6.40. The molecule has 2 atom stereocenters. The Kier molecular flexibility index (Phi) is 7.41. The molecule has 0 amide bonds. The molecule has 0 heterocycles. The molecule has 1 aliphatic rings. The van der Waals surface area contributed by atoms with Gasteiger partial charge in [-0.2, -0.15) is 5.26 Å². The van der Waals surface area contributed by atoms with Gasteiger partial charge in [-0.3, -0.25) is 5.32 Å². The molecule has 3 nitrogen and oxygen atoms in total. The van der Waals surface area contributed by atoms with E-state index in [4.69, 9.17) is 4.74 Å². The van der Waals surface area contributed by atoms with Gasteiger partial charge in [0.25, 0.3) is 0 Å². The molecule has 110 valence electrons. The predicted octanol–water partition coefficient (Wildman–Crippen LogP) is 3.64. The number of nitrogens with one attached hydrogen (secondary N) is 1. The summed E-state index contributed by atoms with van der Waals surface area (Å²) in [7, 11) is 0. The van der Waals surface area contributed by atoms with Gasteiger partial charge >= 0.3 is 0 Å². The number of nitriles is 1. The van der Waals surface area contributed by atoms with Gasteiger partial charge in [0.2, 0.25) is 0 Å². The fourth-order valence-corrected chi connectivity index (χ4v) is 2.85. The first-order valence-electron chi connectivity index (χ1n) is 7.87. The van der Waals surface area contributed by atoms with Crippen LogP contribution in [0.2, 0.25) is 0 Å². The SMILES string of the molecule is CCCNC(C)(C#N)CC(C)OCC1CCCCC1. The van der Waals surface area contributed by atoms with E-state index in [0.29, 0.717) is 0 Å². The molecule has 1 rings (SSSR count). The smallest absolute Gasteiger partial charge is 0.106 e. The minimum atomic E-state index is -0.456. The highest BCUT2D eigenvalue weighted by Crippen LogP contribution is 2.24. The number of nitrogens with zero attached hydrogens (tertiary/aromatic N) is 1. The Balaban J connectivity index is 2.27. The lowest BCUT2D eigenvalue weighted by Crippen LogP contribution is -2.44.